The van der Waals surface area contributed by atoms with Crippen LogP contribution in [0.15, 0.2) is 0 Å². The minimum absolute atomic E-state index is 0.0503. The van der Waals surface area contributed by atoms with Crippen LogP contribution in [-0.2, 0) is 10.0 Å². The highest BCUT2D eigenvalue weighted by atomic mass is 32.2. The predicted molar refractivity (Wildman–Crippen MR) is 62.3 cm³/mol. The Bertz CT molecular complexity index is 271. The molecule has 1 heterocycles. The van der Waals surface area contributed by atoms with Crippen LogP contribution in [0.25, 0.3) is 0 Å². The van der Waals surface area contributed by atoms with Crippen LogP contribution < -0.4 is 10.0 Å². The van der Waals surface area contributed by atoms with Crippen molar-refractivity contribution in [2.24, 2.45) is 5.92 Å². The SMILES string of the molecule is CCCS(=O)(=O)NC(C)C1CCCNC1. The molecule has 0 radical (unpaired) electrons. The van der Waals surface area contributed by atoms with Crippen molar-refractivity contribution in [1.29, 1.82) is 0 Å². The van der Waals surface area contributed by atoms with E-state index in [1.807, 2.05) is 13.8 Å². The molecule has 0 bridgehead atoms. The third-order valence-electron chi connectivity index (χ3n) is 2.88. The first-order chi connectivity index (χ1) is 7.05. The maximum Gasteiger partial charge on any atom is 0.211 e. The topological polar surface area (TPSA) is 58.2 Å². The molecule has 0 spiro atoms. The van der Waals surface area contributed by atoms with E-state index in [0.29, 0.717) is 12.3 Å². The molecule has 0 aromatic heterocycles. The number of rotatable bonds is 5. The molecule has 0 amide bonds. The first-order valence-corrected chi connectivity index (χ1v) is 7.41. The van der Waals surface area contributed by atoms with Gasteiger partial charge in [-0.3, -0.25) is 0 Å². The number of hydrogen-bond donors (Lipinski definition) is 2. The highest BCUT2D eigenvalue weighted by Gasteiger charge is 2.23. The lowest BCUT2D eigenvalue weighted by Crippen LogP contribution is -2.45. The molecule has 0 aromatic rings. The highest BCUT2D eigenvalue weighted by Crippen LogP contribution is 2.14. The second-order valence-corrected chi connectivity index (χ2v) is 6.21. The van der Waals surface area contributed by atoms with Crippen molar-refractivity contribution in [3.63, 3.8) is 0 Å². The number of piperidine rings is 1. The molecule has 1 fully saturated rings. The summed E-state index contributed by atoms with van der Waals surface area (Å²) in [4.78, 5) is 0. The Kier molecular flexibility index (Phi) is 5.02. The van der Waals surface area contributed by atoms with Gasteiger partial charge in [0.25, 0.3) is 0 Å². The van der Waals surface area contributed by atoms with E-state index in [1.165, 1.54) is 0 Å². The van der Waals surface area contributed by atoms with Crippen LogP contribution in [0.3, 0.4) is 0 Å². The van der Waals surface area contributed by atoms with Gasteiger partial charge in [0.1, 0.15) is 0 Å². The van der Waals surface area contributed by atoms with E-state index in [1.54, 1.807) is 0 Å². The lowest BCUT2D eigenvalue weighted by molar-refractivity contribution is 0.320. The monoisotopic (exact) mass is 234 g/mol. The second-order valence-electron chi connectivity index (χ2n) is 4.33. The largest absolute Gasteiger partial charge is 0.316 e. The summed E-state index contributed by atoms with van der Waals surface area (Å²) < 4.78 is 25.9. The second kappa shape index (κ2) is 5.82. The van der Waals surface area contributed by atoms with E-state index in [0.717, 1.165) is 25.9 Å². The van der Waals surface area contributed by atoms with Crippen molar-refractivity contribution in [3.05, 3.63) is 0 Å². The summed E-state index contributed by atoms with van der Waals surface area (Å²) in [6, 6.07) is 0.0503. The van der Waals surface area contributed by atoms with Crippen molar-refractivity contribution in [2.45, 2.75) is 39.2 Å². The van der Waals surface area contributed by atoms with Crippen LogP contribution in [0.2, 0.25) is 0 Å². The Morgan fingerprint density at radius 2 is 2.27 bits per heavy atom. The molecule has 2 unspecified atom stereocenters. The van der Waals surface area contributed by atoms with Crippen molar-refractivity contribution in [3.8, 4) is 0 Å². The van der Waals surface area contributed by atoms with Gasteiger partial charge in [-0.1, -0.05) is 6.92 Å². The van der Waals surface area contributed by atoms with Gasteiger partial charge in [-0.05, 0) is 45.2 Å². The summed E-state index contributed by atoms with van der Waals surface area (Å²) in [5.74, 6) is 0.669. The van der Waals surface area contributed by atoms with Crippen molar-refractivity contribution in [1.82, 2.24) is 10.0 Å². The van der Waals surface area contributed by atoms with Crippen LogP contribution in [0.5, 0.6) is 0 Å². The molecular weight excluding hydrogens is 212 g/mol. The smallest absolute Gasteiger partial charge is 0.211 e. The summed E-state index contributed by atoms with van der Waals surface area (Å²) in [6.45, 7) is 5.83. The molecule has 90 valence electrons. The molecule has 1 aliphatic heterocycles. The van der Waals surface area contributed by atoms with E-state index in [2.05, 4.69) is 10.0 Å². The molecule has 0 saturated carbocycles. The van der Waals surface area contributed by atoms with Gasteiger partial charge in [0.05, 0.1) is 5.75 Å². The van der Waals surface area contributed by atoms with Gasteiger partial charge in [-0.25, -0.2) is 13.1 Å². The molecular formula is C10H22N2O2S. The lowest BCUT2D eigenvalue weighted by atomic mass is 9.94. The van der Waals surface area contributed by atoms with Crippen LogP contribution in [0, 0.1) is 5.92 Å². The summed E-state index contributed by atoms with van der Waals surface area (Å²) in [5, 5.41) is 3.30. The standard InChI is InChI=1S/C10H22N2O2S/c1-3-7-15(13,14)12-9(2)10-5-4-6-11-8-10/h9-12H,3-8H2,1-2H3. The average Bonchev–Trinajstić information content (AvgIpc) is 2.18. The first-order valence-electron chi connectivity index (χ1n) is 5.76. The number of sulfonamides is 1. The maximum atomic E-state index is 11.6. The fraction of sp³-hybridized carbons (Fsp3) is 1.00. The van der Waals surface area contributed by atoms with E-state index >= 15 is 0 Å². The van der Waals surface area contributed by atoms with Crippen LogP contribution >= 0.6 is 0 Å². The molecule has 2 atom stereocenters. The zero-order valence-corrected chi connectivity index (χ0v) is 10.4. The van der Waals surface area contributed by atoms with E-state index in [-0.39, 0.29) is 11.8 Å². The minimum atomic E-state index is -3.06. The maximum absolute atomic E-state index is 11.6. The van der Waals surface area contributed by atoms with Crippen LogP contribution in [0.1, 0.15) is 33.1 Å². The Labute approximate surface area is 92.9 Å². The third-order valence-corrected chi connectivity index (χ3v) is 4.56. The van der Waals surface area contributed by atoms with Gasteiger partial charge in [0.15, 0.2) is 0 Å². The summed E-state index contributed by atoms with van der Waals surface area (Å²) in [5.41, 5.74) is 0. The molecule has 1 saturated heterocycles. The van der Waals surface area contributed by atoms with E-state index < -0.39 is 10.0 Å². The van der Waals surface area contributed by atoms with Crippen molar-refractivity contribution < 1.29 is 8.42 Å². The summed E-state index contributed by atoms with van der Waals surface area (Å²) >= 11 is 0. The van der Waals surface area contributed by atoms with Gasteiger partial charge in [0.2, 0.25) is 10.0 Å². The zero-order chi connectivity index (χ0) is 11.3. The van der Waals surface area contributed by atoms with Crippen molar-refractivity contribution >= 4 is 10.0 Å². The predicted octanol–water partition coefficient (Wildman–Crippen LogP) is 0.704. The number of nitrogens with one attached hydrogen (secondary N) is 2. The normalized spacial score (nSPS) is 25.1. The van der Waals surface area contributed by atoms with Gasteiger partial charge < -0.3 is 5.32 Å². The summed E-state index contributed by atoms with van der Waals surface area (Å²) in [7, 11) is -3.06. The Morgan fingerprint density at radius 3 is 2.80 bits per heavy atom. The molecule has 0 aromatic carbocycles. The van der Waals surface area contributed by atoms with E-state index in [9.17, 15) is 8.42 Å². The van der Waals surface area contributed by atoms with Gasteiger partial charge in [0, 0.05) is 6.04 Å². The minimum Gasteiger partial charge on any atom is -0.316 e. The summed E-state index contributed by atoms with van der Waals surface area (Å²) in [6.07, 6.45) is 2.93. The third kappa shape index (κ3) is 4.49. The molecule has 1 rings (SSSR count). The molecule has 4 nitrogen and oxygen atoms in total. The van der Waals surface area contributed by atoms with Gasteiger partial charge in [-0.15, -0.1) is 0 Å². The fourth-order valence-corrected chi connectivity index (χ4v) is 3.43. The fourth-order valence-electron chi connectivity index (χ4n) is 2.01. The van der Waals surface area contributed by atoms with Crippen molar-refractivity contribution in [2.75, 3.05) is 18.8 Å². The lowest BCUT2D eigenvalue weighted by Gasteiger charge is -2.28. The molecule has 0 aliphatic carbocycles. The van der Waals surface area contributed by atoms with Gasteiger partial charge >= 0.3 is 0 Å². The van der Waals surface area contributed by atoms with Gasteiger partial charge in [-0.2, -0.15) is 0 Å². The number of hydrogen-bond acceptors (Lipinski definition) is 3. The zero-order valence-electron chi connectivity index (χ0n) is 9.62. The Morgan fingerprint density at radius 1 is 1.53 bits per heavy atom. The average molecular weight is 234 g/mol. The Balaban J connectivity index is 2.43. The van der Waals surface area contributed by atoms with E-state index in [4.69, 9.17) is 0 Å². The van der Waals surface area contributed by atoms with Crippen LogP contribution in [0.4, 0.5) is 0 Å². The molecule has 15 heavy (non-hydrogen) atoms. The molecule has 5 heteroatoms. The quantitative estimate of drug-likeness (QED) is 0.736. The molecule has 2 N–H and O–H groups in total. The molecule has 1 aliphatic rings. The first kappa shape index (κ1) is 12.9. The Hall–Kier alpha value is -0.130. The van der Waals surface area contributed by atoms with Crippen LogP contribution in [-0.4, -0.2) is 33.3 Å². The highest BCUT2D eigenvalue weighted by molar-refractivity contribution is 7.89.